The summed E-state index contributed by atoms with van der Waals surface area (Å²) in [6.45, 7) is 4.82. The van der Waals surface area contributed by atoms with Crippen molar-refractivity contribution in [3.05, 3.63) is 16.0 Å². The van der Waals surface area contributed by atoms with Crippen LogP contribution in [-0.2, 0) is 6.54 Å². The topological polar surface area (TPSA) is 52.9 Å². The average Bonchev–Trinajstić information content (AvgIpc) is 2.58. The molecule has 0 unspecified atom stereocenters. The van der Waals surface area contributed by atoms with Crippen LogP contribution in [-0.4, -0.2) is 9.36 Å². The monoisotopic (exact) mass is 237 g/mol. The smallest absolute Gasteiger partial charge is 0.290 e. The molecule has 1 aromatic rings. The summed E-state index contributed by atoms with van der Waals surface area (Å²) in [5, 5.41) is 0. The van der Waals surface area contributed by atoms with E-state index in [1.54, 1.807) is 0 Å². The number of anilines is 1. The third-order valence-corrected chi connectivity index (χ3v) is 3.95. The van der Waals surface area contributed by atoms with Crippen molar-refractivity contribution in [3.8, 4) is 0 Å². The number of nitrogen functional groups attached to an aromatic ring is 1. The third kappa shape index (κ3) is 2.13. The molecule has 1 saturated carbocycles. The van der Waals surface area contributed by atoms with Gasteiger partial charge in [-0.3, -0.25) is 9.48 Å². The molecule has 0 amide bonds. The highest BCUT2D eigenvalue weighted by atomic mass is 16.1. The Morgan fingerprint density at radius 2 is 1.82 bits per heavy atom. The molecule has 1 fully saturated rings. The molecular weight excluding hydrogens is 214 g/mol. The van der Waals surface area contributed by atoms with E-state index in [1.165, 1.54) is 25.7 Å². The van der Waals surface area contributed by atoms with Gasteiger partial charge in [-0.2, -0.15) is 0 Å². The normalized spacial score (nSPS) is 18.2. The van der Waals surface area contributed by atoms with Crippen LogP contribution >= 0.6 is 0 Å². The number of aromatic nitrogens is 2. The Hall–Kier alpha value is -1.19. The standard InChI is InChI=1S/C13H23N3O/c1-3-15-10(2)12(14)13(17)16(15)11-8-6-4-5-7-9-11/h11H,3-9,14H2,1-2H3. The van der Waals surface area contributed by atoms with Crippen molar-refractivity contribution >= 4 is 5.69 Å². The molecule has 0 aliphatic heterocycles. The molecule has 1 aliphatic carbocycles. The van der Waals surface area contributed by atoms with E-state index in [4.69, 9.17) is 5.73 Å². The second-order valence-corrected chi connectivity index (χ2v) is 5.01. The number of nitrogens with zero attached hydrogens (tertiary/aromatic N) is 2. The van der Waals surface area contributed by atoms with Crippen molar-refractivity contribution in [1.29, 1.82) is 0 Å². The fourth-order valence-electron chi connectivity index (χ4n) is 2.94. The van der Waals surface area contributed by atoms with Crippen molar-refractivity contribution in [1.82, 2.24) is 9.36 Å². The quantitative estimate of drug-likeness (QED) is 0.803. The first kappa shape index (κ1) is 12.3. The zero-order valence-corrected chi connectivity index (χ0v) is 10.9. The van der Waals surface area contributed by atoms with Gasteiger partial charge in [0.1, 0.15) is 5.69 Å². The molecule has 96 valence electrons. The van der Waals surface area contributed by atoms with E-state index in [1.807, 2.05) is 16.3 Å². The molecule has 0 bridgehead atoms. The molecule has 0 atom stereocenters. The Labute approximate surface area is 102 Å². The van der Waals surface area contributed by atoms with Crippen LogP contribution in [0, 0.1) is 6.92 Å². The van der Waals surface area contributed by atoms with Gasteiger partial charge in [0, 0.05) is 6.54 Å². The third-order valence-electron chi connectivity index (χ3n) is 3.95. The summed E-state index contributed by atoms with van der Waals surface area (Å²) in [4.78, 5) is 12.2. The summed E-state index contributed by atoms with van der Waals surface area (Å²) in [7, 11) is 0. The Bertz CT molecular complexity index is 436. The molecule has 1 heterocycles. The summed E-state index contributed by atoms with van der Waals surface area (Å²) in [5.74, 6) is 0. The molecule has 1 aliphatic rings. The number of rotatable bonds is 2. The first-order valence-corrected chi connectivity index (χ1v) is 6.74. The Morgan fingerprint density at radius 3 is 2.35 bits per heavy atom. The minimum Gasteiger partial charge on any atom is -0.393 e. The summed E-state index contributed by atoms with van der Waals surface area (Å²) in [6, 6.07) is 0.348. The molecule has 0 saturated heterocycles. The highest BCUT2D eigenvalue weighted by Gasteiger charge is 2.21. The summed E-state index contributed by atoms with van der Waals surface area (Å²) in [5.41, 5.74) is 7.23. The zero-order valence-electron chi connectivity index (χ0n) is 10.9. The molecular formula is C13H23N3O. The van der Waals surface area contributed by atoms with Crippen LogP contribution in [0.25, 0.3) is 0 Å². The molecule has 4 nitrogen and oxygen atoms in total. The van der Waals surface area contributed by atoms with Crippen LogP contribution in [0.1, 0.15) is 57.2 Å². The van der Waals surface area contributed by atoms with Crippen LogP contribution < -0.4 is 11.3 Å². The predicted octanol–water partition coefficient (Wildman–Crippen LogP) is 2.46. The fourth-order valence-corrected chi connectivity index (χ4v) is 2.94. The van der Waals surface area contributed by atoms with Crippen molar-refractivity contribution in [2.45, 2.75) is 65.0 Å². The first-order valence-electron chi connectivity index (χ1n) is 6.74. The minimum absolute atomic E-state index is 0.0104. The van der Waals surface area contributed by atoms with Crippen LogP contribution in [0.5, 0.6) is 0 Å². The van der Waals surface area contributed by atoms with Crippen LogP contribution in [0.3, 0.4) is 0 Å². The highest BCUT2D eigenvalue weighted by molar-refractivity contribution is 5.40. The van der Waals surface area contributed by atoms with E-state index >= 15 is 0 Å². The van der Waals surface area contributed by atoms with Gasteiger partial charge >= 0.3 is 0 Å². The molecule has 0 spiro atoms. The van der Waals surface area contributed by atoms with Gasteiger partial charge in [0.05, 0.1) is 11.7 Å². The van der Waals surface area contributed by atoms with Gasteiger partial charge in [-0.05, 0) is 26.7 Å². The van der Waals surface area contributed by atoms with Crippen molar-refractivity contribution < 1.29 is 0 Å². The second-order valence-electron chi connectivity index (χ2n) is 5.01. The lowest BCUT2D eigenvalue weighted by atomic mass is 10.1. The van der Waals surface area contributed by atoms with Crippen LogP contribution in [0.2, 0.25) is 0 Å². The minimum atomic E-state index is 0.0104. The maximum Gasteiger partial charge on any atom is 0.290 e. The van der Waals surface area contributed by atoms with Gasteiger partial charge in [0.25, 0.3) is 5.56 Å². The van der Waals surface area contributed by atoms with Crippen LogP contribution in [0.4, 0.5) is 5.69 Å². The molecule has 17 heavy (non-hydrogen) atoms. The van der Waals surface area contributed by atoms with E-state index in [2.05, 4.69) is 6.92 Å². The number of hydrogen-bond acceptors (Lipinski definition) is 2. The zero-order chi connectivity index (χ0) is 12.4. The average molecular weight is 237 g/mol. The van der Waals surface area contributed by atoms with E-state index in [-0.39, 0.29) is 5.56 Å². The van der Waals surface area contributed by atoms with Crippen molar-refractivity contribution in [2.24, 2.45) is 0 Å². The molecule has 4 heteroatoms. The van der Waals surface area contributed by atoms with Gasteiger partial charge in [0.2, 0.25) is 0 Å². The summed E-state index contributed by atoms with van der Waals surface area (Å²) < 4.78 is 3.96. The number of nitrogens with two attached hydrogens (primary N) is 1. The predicted molar refractivity (Wildman–Crippen MR) is 70.3 cm³/mol. The number of hydrogen-bond donors (Lipinski definition) is 1. The largest absolute Gasteiger partial charge is 0.393 e. The van der Waals surface area contributed by atoms with E-state index < -0.39 is 0 Å². The highest BCUT2D eigenvalue weighted by Crippen LogP contribution is 2.27. The Kier molecular flexibility index (Phi) is 3.60. The van der Waals surface area contributed by atoms with Gasteiger partial charge < -0.3 is 5.73 Å². The second kappa shape index (κ2) is 4.98. The van der Waals surface area contributed by atoms with Gasteiger partial charge in [0.15, 0.2) is 0 Å². The lowest BCUT2D eigenvalue weighted by molar-refractivity contribution is 0.332. The molecule has 2 N–H and O–H groups in total. The molecule has 1 aromatic heterocycles. The van der Waals surface area contributed by atoms with E-state index in [9.17, 15) is 4.79 Å². The summed E-state index contributed by atoms with van der Waals surface area (Å²) >= 11 is 0. The summed E-state index contributed by atoms with van der Waals surface area (Å²) in [6.07, 6.45) is 7.28. The maximum atomic E-state index is 12.2. The van der Waals surface area contributed by atoms with Gasteiger partial charge in [-0.15, -0.1) is 0 Å². The van der Waals surface area contributed by atoms with Crippen molar-refractivity contribution in [3.63, 3.8) is 0 Å². The molecule has 2 rings (SSSR count). The lowest BCUT2D eigenvalue weighted by Crippen LogP contribution is -2.28. The van der Waals surface area contributed by atoms with E-state index in [0.29, 0.717) is 11.7 Å². The van der Waals surface area contributed by atoms with Gasteiger partial charge in [-0.25, -0.2) is 4.68 Å². The van der Waals surface area contributed by atoms with Crippen molar-refractivity contribution in [2.75, 3.05) is 5.73 Å². The van der Waals surface area contributed by atoms with E-state index in [0.717, 1.165) is 25.1 Å². The Balaban J connectivity index is 2.42. The molecule has 0 aromatic carbocycles. The lowest BCUT2D eigenvalue weighted by Gasteiger charge is -2.20. The SMILES string of the molecule is CCn1c(C)c(N)c(=O)n1C1CCCCCC1. The maximum absolute atomic E-state index is 12.2. The molecule has 0 radical (unpaired) electrons. The van der Waals surface area contributed by atoms with Gasteiger partial charge in [-0.1, -0.05) is 25.7 Å². The van der Waals surface area contributed by atoms with Crippen LogP contribution in [0.15, 0.2) is 4.79 Å². The first-order chi connectivity index (χ1) is 8.16. The fraction of sp³-hybridized carbons (Fsp3) is 0.769. The Morgan fingerprint density at radius 1 is 1.24 bits per heavy atom.